The van der Waals surface area contributed by atoms with Crippen LogP contribution in [0.4, 0.5) is 10.5 Å². The molecule has 0 saturated carbocycles. The Kier molecular flexibility index (Phi) is 5.17. The van der Waals surface area contributed by atoms with Crippen LogP contribution in [0.1, 0.15) is 28.4 Å². The number of anilines is 1. The van der Waals surface area contributed by atoms with Gasteiger partial charge in [0.05, 0.1) is 6.10 Å². The van der Waals surface area contributed by atoms with Crippen LogP contribution < -0.4 is 10.6 Å². The van der Waals surface area contributed by atoms with Crippen molar-refractivity contribution >= 4 is 11.7 Å². The first-order valence-electron chi connectivity index (χ1n) is 7.32. The van der Waals surface area contributed by atoms with E-state index in [0.29, 0.717) is 0 Å². The first kappa shape index (κ1) is 16.0. The molecule has 0 aromatic heterocycles. The molecule has 4 nitrogen and oxygen atoms in total. The third-order valence-electron chi connectivity index (χ3n) is 3.55. The van der Waals surface area contributed by atoms with Crippen LogP contribution in [0.15, 0.2) is 42.5 Å². The molecule has 22 heavy (non-hydrogen) atoms. The highest BCUT2D eigenvalue weighted by Gasteiger charge is 2.10. The first-order chi connectivity index (χ1) is 10.5. The van der Waals surface area contributed by atoms with Crippen LogP contribution in [0.3, 0.4) is 0 Å². The van der Waals surface area contributed by atoms with Crippen molar-refractivity contribution in [2.24, 2.45) is 0 Å². The molecule has 2 amide bonds. The number of rotatable bonds is 4. The highest BCUT2D eigenvalue weighted by Crippen LogP contribution is 2.16. The van der Waals surface area contributed by atoms with Gasteiger partial charge in [0.15, 0.2) is 0 Å². The van der Waals surface area contributed by atoms with E-state index in [1.807, 2.05) is 63.2 Å². The van der Waals surface area contributed by atoms with Gasteiger partial charge in [-0.15, -0.1) is 0 Å². The van der Waals surface area contributed by atoms with Crippen LogP contribution >= 0.6 is 0 Å². The van der Waals surface area contributed by atoms with Crippen LogP contribution in [-0.2, 0) is 0 Å². The molecule has 0 aliphatic heterocycles. The molecule has 2 rings (SSSR count). The molecule has 0 saturated heterocycles. The minimum Gasteiger partial charge on any atom is -0.387 e. The second-order valence-electron chi connectivity index (χ2n) is 5.58. The Hall–Kier alpha value is -2.33. The summed E-state index contributed by atoms with van der Waals surface area (Å²) < 4.78 is 0. The Morgan fingerprint density at radius 1 is 1.05 bits per heavy atom. The smallest absolute Gasteiger partial charge is 0.319 e. The van der Waals surface area contributed by atoms with Crippen molar-refractivity contribution < 1.29 is 9.90 Å². The number of aliphatic hydroxyl groups excluding tert-OH is 1. The summed E-state index contributed by atoms with van der Waals surface area (Å²) in [6.45, 7) is 6.12. The third kappa shape index (κ3) is 4.33. The lowest BCUT2D eigenvalue weighted by Crippen LogP contribution is -2.32. The number of benzene rings is 2. The van der Waals surface area contributed by atoms with Crippen molar-refractivity contribution in [3.8, 4) is 0 Å². The second-order valence-corrected chi connectivity index (χ2v) is 5.58. The lowest BCUT2D eigenvalue weighted by atomic mass is 10.1. The fraction of sp³-hybridized carbons (Fsp3) is 0.278. The molecule has 0 fully saturated rings. The van der Waals surface area contributed by atoms with Crippen molar-refractivity contribution in [1.29, 1.82) is 0 Å². The summed E-state index contributed by atoms with van der Waals surface area (Å²) in [7, 11) is 0. The van der Waals surface area contributed by atoms with Gasteiger partial charge >= 0.3 is 6.03 Å². The van der Waals surface area contributed by atoms with Gasteiger partial charge in [0, 0.05) is 12.2 Å². The third-order valence-corrected chi connectivity index (χ3v) is 3.55. The number of hydrogen-bond acceptors (Lipinski definition) is 2. The molecule has 0 heterocycles. The second kappa shape index (κ2) is 7.09. The number of aryl methyl sites for hydroxylation is 3. The van der Waals surface area contributed by atoms with E-state index in [1.54, 1.807) is 0 Å². The SMILES string of the molecule is Cc1ccc([C@H](O)CNC(=O)Nc2ccc(C)cc2C)cc1. The number of hydrogen-bond donors (Lipinski definition) is 3. The summed E-state index contributed by atoms with van der Waals surface area (Å²) in [4.78, 5) is 11.9. The molecule has 4 heteroatoms. The number of amides is 2. The summed E-state index contributed by atoms with van der Waals surface area (Å²) in [6.07, 6.45) is -0.717. The van der Waals surface area contributed by atoms with Gasteiger partial charge in [-0.3, -0.25) is 0 Å². The zero-order valence-electron chi connectivity index (χ0n) is 13.2. The molecule has 0 unspecified atom stereocenters. The van der Waals surface area contributed by atoms with Crippen LogP contribution in [0.25, 0.3) is 0 Å². The van der Waals surface area contributed by atoms with E-state index in [1.165, 1.54) is 0 Å². The monoisotopic (exact) mass is 298 g/mol. The zero-order chi connectivity index (χ0) is 16.1. The predicted molar refractivity (Wildman–Crippen MR) is 89.1 cm³/mol. The molecule has 3 N–H and O–H groups in total. The average molecular weight is 298 g/mol. The first-order valence-corrected chi connectivity index (χ1v) is 7.32. The average Bonchev–Trinajstić information content (AvgIpc) is 2.48. The van der Waals surface area contributed by atoms with Crippen molar-refractivity contribution in [2.45, 2.75) is 26.9 Å². The van der Waals surface area contributed by atoms with Gasteiger partial charge in [-0.05, 0) is 38.0 Å². The minimum absolute atomic E-state index is 0.166. The Morgan fingerprint density at radius 2 is 1.68 bits per heavy atom. The summed E-state index contributed by atoms with van der Waals surface area (Å²) in [5, 5.41) is 15.6. The van der Waals surface area contributed by atoms with E-state index >= 15 is 0 Å². The molecule has 2 aromatic rings. The van der Waals surface area contributed by atoms with Crippen molar-refractivity contribution in [3.05, 3.63) is 64.7 Å². The van der Waals surface area contributed by atoms with Gasteiger partial charge < -0.3 is 15.7 Å². The minimum atomic E-state index is -0.717. The number of nitrogens with one attached hydrogen (secondary N) is 2. The van der Waals surface area contributed by atoms with Crippen molar-refractivity contribution in [1.82, 2.24) is 5.32 Å². The van der Waals surface area contributed by atoms with E-state index in [4.69, 9.17) is 0 Å². The van der Waals surface area contributed by atoms with E-state index in [2.05, 4.69) is 10.6 Å². The van der Waals surface area contributed by atoms with Gasteiger partial charge in [0.2, 0.25) is 0 Å². The predicted octanol–water partition coefficient (Wildman–Crippen LogP) is 3.47. The quantitative estimate of drug-likeness (QED) is 0.809. The molecule has 0 aliphatic rings. The summed E-state index contributed by atoms with van der Waals surface area (Å²) >= 11 is 0. The molecule has 0 aliphatic carbocycles. The summed E-state index contributed by atoms with van der Waals surface area (Å²) in [5.74, 6) is 0. The molecular formula is C18H22N2O2. The molecular weight excluding hydrogens is 276 g/mol. The molecule has 0 radical (unpaired) electrons. The fourth-order valence-electron chi connectivity index (χ4n) is 2.22. The summed E-state index contributed by atoms with van der Waals surface area (Å²) in [6, 6.07) is 13.1. The largest absolute Gasteiger partial charge is 0.387 e. The number of carbonyl (C=O) groups is 1. The van der Waals surface area contributed by atoms with Crippen molar-refractivity contribution in [3.63, 3.8) is 0 Å². The van der Waals surface area contributed by atoms with Gasteiger partial charge in [-0.1, -0.05) is 47.5 Å². The van der Waals surface area contributed by atoms with Gasteiger partial charge in [-0.2, -0.15) is 0 Å². The van der Waals surface area contributed by atoms with Gasteiger partial charge in [0.1, 0.15) is 0 Å². The molecule has 0 spiro atoms. The summed E-state index contributed by atoms with van der Waals surface area (Å²) in [5.41, 5.74) is 4.86. The maximum Gasteiger partial charge on any atom is 0.319 e. The van der Waals surface area contributed by atoms with Crippen LogP contribution in [-0.4, -0.2) is 17.7 Å². The fourth-order valence-corrected chi connectivity index (χ4v) is 2.22. The maximum atomic E-state index is 11.9. The van der Waals surface area contributed by atoms with E-state index in [9.17, 15) is 9.90 Å². The Labute approximate surface area is 131 Å². The number of carbonyl (C=O) groups excluding carboxylic acids is 1. The van der Waals surface area contributed by atoms with Gasteiger partial charge in [-0.25, -0.2) is 4.79 Å². The standard InChI is InChI=1S/C18H22N2O2/c1-12-4-7-15(8-5-12)17(21)11-19-18(22)20-16-9-6-13(2)10-14(16)3/h4-10,17,21H,11H2,1-3H3,(H2,19,20,22)/t17-/m1/s1. The Bertz CT molecular complexity index is 651. The topological polar surface area (TPSA) is 61.4 Å². The number of aliphatic hydroxyl groups is 1. The highest BCUT2D eigenvalue weighted by molar-refractivity contribution is 5.90. The Morgan fingerprint density at radius 3 is 2.32 bits per heavy atom. The molecule has 1 atom stereocenters. The lowest BCUT2D eigenvalue weighted by molar-refractivity contribution is 0.175. The van der Waals surface area contributed by atoms with Crippen LogP contribution in [0, 0.1) is 20.8 Å². The lowest BCUT2D eigenvalue weighted by Gasteiger charge is -2.14. The zero-order valence-corrected chi connectivity index (χ0v) is 13.2. The van der Waals surface area contributed by atoms with E-state index in [-0.39, 0.29) is 12.6 Å². The normalized spacial score (nSPS) is 11.8. The molecule has 0 bridgehead atoms. The highest BCUT2D eigenvalue weighted by atomic mass is 16.3. The van der Waals surface area contributed by atoms with Crippen LogP contribution in [0.2, 0.25) is 0 Å². The molecule has 116 valence electrons. The molecule has 2 aromatic carbocycles. The van der Waals surface area contributed by atoms with E-state index in [0.717, 1.165) is 27.9 Å². The van der Waals surface area contributed by atoms with E-state index < -0.39 is 6.10 Å². The van der Waals surface area contributed by atoms with Crippen molar-refractivity contribution in [2.75, 3.05) is 11.9 Å². The van der Waals surface area contributed by atoms with Gasteiger partial charge in [0.25, 0.3) is 0 Å². The maximum absolute atomic E-state index is 11.9. The van der Waals surface area contributed by atoms with Crippen LogP contribution in [0.5, 0.6) is 0 Å². The Balaban J connectivity index is 1.88. The number of urea groups is 1.